The monoisotopic (exact) mass is 419 g/mol. The Bertz CT molecular complexity index is 1000. The molecule has 1 aromatic heterocycles. The summed E-state index contributed by atoms with van der Waals surface area (Å²) in [5.74, 6) is -0.188. The first-order valence-electron chi connectivity index (χ1n) is 7.15. The summed E-state index contributed by atoms with van der Waals surface area (Å²) in [6.45, 7) is 0. The molecule has 1 amide bonds. The van der Waals surface area contributed by atoms with Crippen LogP contribution in [0.1, 0.15) is 15.2 Å². The minimum Gasteiger partial charge on any atom is -0.495 e. The lowest BCUT2D eigenvalue weighted by Crippen LogP contribution is -2.12. The van der Waals surface area contributed by atoms with Crippen molar-refractivity contribution in [2.24, 2.45) is 0 Å². The standard InChI is InChI=1S/C17H10Cl2F3NO2S/c1-25-11-6-5-10-12(18)15(26-14(10)13(11)19)16(24)23-9-4-2-3-8(7-9)17(20,21)22/h2-7H,1H3,(H,23,24). The van der Waals surface area contributed by atoms with Gasteiger partial charge in [-0.2, -0.15) is 13.2 Å². The van der Waals surface area contributed by atoms with E-state index in [-0.39, 0.29) is 15.6 Å². The number of thiophene rings is 1. The molecule has 0 saturated carbocycles. The summed E-state index contributed by atoms with van der Waals surface area (Å²) in [5, 5.41) is 3.49. The molecule has 3 rings (SSSR count). The Morgan fingerprint density at radius 1 is 1.15 bits per heavy atom. The number of carbonyl (C=O) groups excluding carboxylic acids is 1. The molecule has 0 aliphatic carbocycles. The van der Waals surface area contributed by atoms with E-state index in [1.54, 1.807) is 12.1 Å². The number of anilines is 1. The van der Waals surface area contributed by atoms with Gasteiger partial charge in [-0.1, -0.05) is 29.3 Å². The molecule has 1 heterocycles. The van der Waals surface area contributed by atoms with Gasteiger partial charge < -0.3 is 10.1 Å². The van der Waals surface area contributed by atoms with Gasteiger partial charge in [0.05, 0.1) is 22.4 Å². The fourth-order valence-corrected chi connectivity index (χ4v) is 4.14. The maximum absolute atomic E-state index is 12.8. The molecule has 9 heteroatoms. The first kappa shape index (κ1) is 18.8. The van der Waals surface area contributed by atoms with Gasteiger partial charge in [-0.3, -0.25) is 4.79 Å². The van der Waals surface area contributed by atoms with Crippen LogP contribution in [-0.4, -0.2) is 13.0 Å². The SMILES string of the molecule is COc1ccc2c(Cl)c(C(=O)Nc3cccc(C(F)(F)F)c3)sc2c1Cl. The van der Waals surface area contributed by atoms with E-state index in [1.165, 1.54) is 19.2 Å². The Kier molecular flexibility index (Phi) is 5.05. The molecule has 0 aliphatic rings. The molecule has 0 fully saturated rings. The van der Waals surface area contributed by atoms with Gasteiger partial charge in [-0.15, -0.1) is 11.3 Å². The Hall–Kier alpha value is -1.96. The molecular formula is C17H10Cl2F3NO2S. The van der Waals surface area contributed by atoms with Gasteiger partial charge >= 0.3 is 6.18 Å². The molecule has 0 atom stereocenters. The average molecular weight is 420 g/mol. The summed E-state index contributed by atoms with van der Waals surface area (Å²) in [7, 11) is 1.46. The van der Waals surface area contributed by atoms with Crippen LogP contribution in [0.2, 0.25) is 10.0 Å². The van der Waals surface area contributed by atoms with Crippen molar-refractivity contribution in [3.8, 4) is 5.75 Å². The zero-order valence-corrected chi connectivity index (χ0v) is 15.4. The summed E-state index contributed by atoms with van der Waals surface area (Å²) in [6.07, 6.45) is -4.50. The molecule has 3 aromatic rings. The Morgan fingerprint density at radius 2 is 1.88 bits per heavy atom. The minimum atomic E-state index is -4.50. The summed E-state index contributed by atoms with van der Waals surface area (Å²) in [5.41, 5.74) is -0.840. The lowest BCUT2D eigenvalue weighted by Gasteiger charge is -2.09. The quantitative estimate of drug-likeness (QED) is 0.526. The molecule has 0 aliphatic heterocycles. The third-order valence-corrected chi connectivity index (χ3v) is 5.79. The van der Waals surface area contributed by atoms with E-state index in [0.717, 1.165) is 23.5 Å². The number of hydrogen-bond acceptors (Lipinski definition) is 3. The molecule has 136 valence electrons. The molecule has 0 radical (unpaired) electrons. The average Bonchev–Trinajstić information content (AvgIpc) is 2.93. The fraction of sp³-hybridized carbons (Fsp3) is 0.118. The molecule has 3 nitrogen and oxygen atoms in total. The van der Waals surface area contributed by atoms with Crippen LogP contribution in [0.5, 0.6) is 5.75 Å². The van der Waals surface area contributed by atoms with Crippen molar-refractivity contribution in [3.05, 3.63) is 56.9 Å². The van der Waals surface area contributed by atoms with Crippen molar-refractivity contribution >= 4 is 56.2 Å². The lowest BCUT2D eigenvalue weighted by atomic mass is 10.2. The Labute approximate surface area is 160 Å². The zero-order valence-electron chi connectivity index (χ0n) is 13.1. The number of nitrogens with one attached hydrogen (secondary N) is 1. The van der Waals surface area contributed by atoms with Crippen molar-refractivity contribution in [1.82, 2.24) is 0 Å². The van der Waals surface area contributed by atoms with E-state index in [4.69, 9.17) is 27.9 Å². The molecule has 1 N–H and O–H groups in total. The topological polar surface area (TPSA) is 38.3 Å². The van der Waals surface area contributed by atoms with E-state index in [9.17, 15) is 18.0 Å². The summed E-state index contributed by atoms with van der Waals surface area (Å²) < 4.78 is 44.1. The van der Waals surface area contributed by atoms with Crippen molar-refractivity contribution in [2.45, 2.75) is 6.18 Å². The van der Waals surface area contributed by atoms with E-state index >= 15 is 0 Å². The number of alkyl halides is 3. The van der Waals surface area contributed by atoms with Crippen LogP contribution < -0.4 is 10.1 Å². The fourth-order valence-electron chi connectivity index (χ4n) is 2.34. The molecule has 0 spiro atoms. The van der Waals surface area contributed by atoms with Crippen LogP contribution in [0.3, 0.4) is 0 Å². The van der Waals surface area contributed by atoms with Gasteiger partial charge in [-0.05, 0) is 30.3 Å². The number of fused-ring (bicyclic) bond motifs is 1. The molecule has 0 bridgehead atoms. The van der Waals surface area contributed by atoms with Crippen LogP contribution in [-0.2, 0) is 6.18 Å². The van der Waals surface area contributed by atoms with Crippen molar-refractivity contribution in [2.75, 3.05) is 12.4 Å². The molecule has 26 heavy (non-hydrogen) atoms. The highest BCUT2D eigenvalue weighted by atomic mass is 35.5. The first-order chi connectivity index (χ1) is 12.2. The van der Waals surface area contributed by atoms with Gasteiger partial charge in [0.15, 0.2) is 0 Å². The molecule has 2 aromatic carbocycles. The van der Waals surface area contributed by atoms with Gasteiger partial charge in [0.25, 0.3) is 5.91 Å². The lowest BCUT2D eigenvalue weighted by molar-refractivity contribution is -0.137. The second kappa shape index (κ2) is 6.98. The predicted octanol–water partition coefficient (Wildman–Crippen LogP) is 6.49. The summed E-state index contributed by atoms with van der Waals surface area (Å²) in [6, 6.07) is 7.65. The maximum atomic E-state index is 12.8. The van der Waals surface area contributed by atoms with Crippen LogP contribution in [0, 0.1) is 0 Å². The largest absolute Gasteiger partial charge is 0.495 e. The van der Waals surface area contributed by atoms with E-state index in [0.29, 0.717) is 20.9 Å². The normalized spacial score (nSPS) is 11.6. The highest BCUT2D eigenvalue weighted by Gasteiger charge is 2.30. The molecule has 0 saturated heterocycles. The van der Waals surface area contributed by atoms with E-state index in [2.05, 4.69) is 5.32 Å². The predicted molar refractivity (Wildman–Crippen MR) is 97.8 cm³/mol. The van der Waals surface area contributed by atoms with Gasteiger partial charge in [-0.25, -0.2) is 0 Å². The smallest absolute Gasteiger partial charge is 0.416 e. The third-order valence-electron chi connectivity index (χ3n) is 3.58. The van der Waals surface area contributed by atoms with Crippen molar-refractivity contribution in [3.63, 3.8) is 0 Å². The van der Waals surface area contributed by atoms with Gasteiger partial charge in [0.2, 0.25) is 0 Å². The molecular weight excluding hydrogens is 410 g/mol. The van der Waals surface area contributed by atoms with Crippen molar-refractivity contribution < 1.29 is 22.7 Å². The van der Waals surface area contributed by atoms with Crippen LogP contribution in [0.25, 0.3) is 10.1 Å². The number of amides is 1. The van der Waals surface area contributed by atoms with Crippen LogP contribution in [0.15, 0.2) is 36.4 Å². The van der Waals surface area contributed by atoms with E-state index in [1.807, 2.05) is 0 Å². The third kappa shape index (κ3) is 3.47. The number of halogens is 5. The maximum Gasteiger partial charge on any atom is 0.416 e. The minimum absolute atomic E-state index is 0.0158. The number of hydrogen-bond donors (Lipinski definition) is 1. The second-order valence-electron chi connectivity index (χ2n) is 5.24. The molecule has 0 unspecified atom stereocenters. The second-order valence-corrected chi connectivity index (χ2v) is 7.01. The van der Waals surface area contributed by atoms with Crippen LogP contribution in [0.4, 0.5) is 18.9 Å². The highest BCUT2D eigenvalue weighted by Crippen LogP contribution is 2.43. The zero-order chi connectivity index (χ0) is 19.1. The van der Waals surface area contributed by atoms with Gasteiger partial charge in [0, 0.05) is 11.1 Å². The number of methoxy groups -OCH3 is 1. The number of ether oxygens (including phenoxy) is 1. The van der Waals surface area contributed by atoms with E-state index < -0.39 is 17.6 Å². The number of benzene rings is 2. The summed E-state index contributed by atoms with van der Waals surface area (Å²) in [4.78, 5) is 12.6. The Balaban J connectivity index is 1.96. The number of rotatable bonds is 3. The number of carbonyl (C=O) groups is 1. The van der Waals surface area contributed by atoms with Gasteiger partial charge in [0.1, 0.15) is 15.6 Å². The highest BCUT2D eigenvalue weighted by molar-refractivity contribution is 7.22. The van der Waals surface area contributed by atoms with Crippen LogP contribution >= 0.6 is 34.5 Å². The summed E-state index contributed by atoms with van der Waals surface area (Å²) >= 11 is 13.5. The first-order valence-corrected chi connectivity index (χ1v) is 8.72. The Morgan fingerprint density at radius 3 is 2.54 bits per heavy atom. The van der Waals surface area contributed by atoms with Crippen molar-refractivity contribution in [1.29, 1.82) is 0 Å².